The van der Waals surface area contributed by atoms with Crippen LogP contribution in [-0.2, 0) is 19.1 Å². The van der Waals surface area contributed by atoms with E-state index in [0.29, 0.717) is 19.3 Å². The van der Waals surface area contributed by atoms with E-state index in [1.807, 2.05) is 13.0 Å². The van der Waals surface area contributed by atoms with E-state index in [4.69, 9.17) is 9.47 Å². The van der Waals surface area contributed by atoms with Gasteiger partial charge in [-0.1, -0.05) is 51.8 Å². The standard InChI is InChI=1S/C26H36O5/c1-5-7-22-30-21-13-18-17-9-8-15-12-16(27)10-11-24(15,3)23(17)19(28)14-25(18,4)26(21,31-22)20(29)6-2/h8,10-11,17-19,21-23,28H,5-7,9,12-14H2,1-4H3/t17?,18?,19?,21?,22?,23?,24-,25-,26+/m0/s1. The van der Waals surface area contributed by atoms with Crippen molar-refractivity contribution >= 4 is 11.6 Å². The van der Waals surface area contributed by atoms with Gasteiger partial charge in [-0.3, -0.25) is 9.59 Å². The first-order valence-electron chi connectivity index (χ1n) is 12.2. The summed E-state index contributed by atoms with van der Waals surface area (Å²) in [5.41, 5.74) is -0.563. The first-order valence-corrected chi connectivity index (χ1v) is 12.2. The summed E-state index contributed by atoms with van der Waals surface area (Å²) < 4.78 is 12.9. The Labute approximate surface area is 185 Å². The lowest BCUT2D eigenvalue weighted by Gasteiger charge is -2.59. The van der Waals surface area contributed by atoms with Crippen LogP contribution in [0.5, 0.6) is 0 Å². The van der Waals surface area contributed by atoms with Crippen LogP contribution in [0.15, 0.2) is 23.8 Å². The topological polar surface area (TPSA) is 72.8 Å². The van der Waals surface area contributed by atoms with Crippen LogP contribution < -0.4 is 0 Å². The normalized spacial score (nSPS) is 50.4. The van der Waals surface area contributed by atoms with Crippen molar-refractivity contribution < 1.29 is 24.2 Å². The quantitative estimate of drug-likeness (QED) is 0.682. The minimum absolute atomic E-state index is 0.0500. The summed E-state index contributed by atoms with van der Waals surface area (Å²) in [6.07, 6.45) is 9.63. The van der Waals surface area contributed by atoms with Crippen molar-refractivity contribution in [3.05, 3.63) is 23.8 Å². The Hall–Kier alpha value is -1.30. The van der Waals surface area contributed by atoms with Crippen molar-refractivity contribution in [2.45, 2.75) is 96.7 Å². The third-order valence-electron chi connectivity index (χ3n) is 9.51. The summed E-state index contributed by atoms with van der Waals surface area (Å²) in [5, 5.41) is 11.6. The third-order valence-corrected chi connectivity index (χ3v) is 9.51. The van der Waals surface area contributed by atoms with Crippen LogP contribution in [-0.4, -0.2) is 40.8 Å². The van der Waals surface area contributed by atoms with Gasteiger partial charge in [-0.2, -0.15) is 0 Å². The zero-order valence-electron chi connectivity index (χ0n) is 19.2. The third kappa shape index (κ3) is 2.66. The predicted molar refractivity (Wildman–Crippen MR) is 116 cm³/mol. The number of allylic oxidation sites excluding steroid dienone is 4. The lowest BCUT2D eigenvalue weighted by atomic mass is 9.46. The van der Waals surface area contributed by atoms with Gasteiger partial charge < -0.3 is 14.6 Å². The number of rotatable bonds is 4. The molecular weight excluding hydrogens is 392 g/mol. The molecule has 31 heavy (non-hydrogen) atoms. The Kier molecular flexibility index (Phi) is 4.93. The molecule has 0 bridgehead atoms. The Morgan fingerprint density at radius 1 is 1.29 bits per heavy atom. The van der Waals surface area contributed by atoms with Crippen LogP contribution in [0.1, 0.15) is 72.6 Å². The SMILES string of the molecule is CCCC1OC2CC3C4CC=C5CC(=O)C=C[C@]5(C)C4C(O)C[C@]3(C)[C@]2(C(=O)CC)O1. The predicted octanol–water partition coefficient (Wildman–Crippen LogP) is 4.13. The molecule has 1 saturated heterocycles. The molecule has 1 aliphatic heterocycles. The van der Waals surface area contributed by atoms with Crippen molar-refractivity contribution in [1.29, 1.82) is 0 Å². The largest absolute Gasteiger partial charge is 0.393 e. The highest BCUT2D eigenvalue weighted by molar-refractivity contribution is 5.93. The van der Waals surface area contributed by atoms with Crippen molar-refractivity contribution in [2.75, 3.05) is 0 Å². The van der Waals surface area contributed by atoms with E-state index in [9.17, 15) is 14.7 Å². The Morgan fingerprint density at radius 3 is 2.77 bits per heavy atom. The van der Waals surface area contributed by atoms with Gasteiger partial charge in [0.2, 0.25) is 0 Å². The summed E-state index contributed by atoms with van der Waals surface area (Å²) in [4.78, 5) is 25.5. The van der Waals surface area contributed by atoms with E-state index >= 15 is 0 Å². The first-order chi connectivity index (χ1) is 14.7. The minimum atomic E-state index is -0.957. The highest BCUT2D eigenvalue weighted by Gasteiger charge is 2.75. The maximum atomic E-state index is 13.5. The second kappa shape index (κ2) is 7.10. The Balaban J connectivity index is 1.56. The van der Waals surface area contributed by atoms with Crippen molar-refractivity contribution in [3.8, 4) is 0 Å². The van der Waals surface area contributed by atoms with Crippen molar-refractivity contribution in [2.24, 2.45) is 28.6 Å². The number of Topliss-reactive ketones (excluding diaryl/α,β-unsaturated/α-hetero) is 1. The summed E-state index contributed by atoms with van der Waals surface area (Å²) >= 11 is 0. The molecule has 2 saturated carbocycles. The second-order valence-electron chi connectivity index (χ2n) is 10.9. The fraction of sp³-hybridized carbons (Fsp3) is 0.769. The van der Waals surface area contributed by atoms with Crippen LogP contribution in [0.25, 0.3) is 0 Å². The molecule has 0 aromatic heterocycles. The Bertz CT molecular complexity index is 860. The number of carbonyl (C=O) groups is 2. The maximum absolute atomic E-state index is 13.5. The number of carbonyl (C=O) groups excluding carboxylic acids is 2. The summed E-state index contributed by atoms with van der Waals surface area (Å²) in [7, 11) is 0. The fourth-order valence-corrected chi connectivity index (χ4v) is 8.18. The van der Waals surface area contributed by atoms with E-state index in [2.05, 4.69) is 26.8 Å². The molecule has 170 valence electrons. The van der Waals surface area contributed by atoms with Crippen LogP contribution >= 0.6 is 0 Å². The van der Waals surface area contributed by atoms with Gasteiger partial charge in [0.1, 0.15) is 0 Å². The zero-order valence-corrected chi connectivity index (χ0v) is 19.2. The molecule has 5 aliphatic rings. The molecule has 6 unspecified atom stereocenters. The molecule has 3 fully saturated rings. The molecule has 0 aromatic rings. The van der Waals surface area contributed by atoms with Crippen LogP contribution in [0.3, 0.4) is 0 Å². The number of hydrogen-bond acceptors (Lipinski definition) is 5. The highest BCUT2D eigenvalue weighted by Crippen LogP contribution is 2.69. The molecule has 0 aromatic carbocycles. The van der Waals surface area contributed by atoms with Crippen LogP contribution in [0, 0.1) is 28.6 Å². The van der Waals surface area contributed by atoms with Gasteiger partial charge >= 0.3 is 0 Å². The fourth-order valence-electron chi connectivity index (χ4n) is 8.18. The molecule has 5 heteroatoms. The number of ether oxygens (including phenoxy) is 2. The number of ketones is 2. The minimum Gasteiger partial charge on any atom is -0.393 e. The smallest absolute Gasteiger partial charge is 0.167 e. The lowest BCUT2D eigenvalue weighted by Crippen LogP contribution is -2.62. The molecule has 4 aliphatic carbocycles. The molecule has 9 atom stereocenters. The number of hydrogen-bond donors (Lipinski definition) is 1. The Morgan fingerprint density at radius 2 is 2.06 bits per heavy atom. The van der Waals surface area contributed by atoms with E-state index in [1.165, 1.54) is 0 Å². The van der Waals surface area contributed by atoms with E-state index in [1.54, 1.807) is 6.08 Å². The number of aliphatic hydroxyl groups excluding tert-OH is 1. The molecule has 1 heterocycles. The summed E-state index contributed by atoms with van der Waals surface area (Å²) in [5.74, 6) is 0.792. The van der Waals surface area contributed by atoms with Gasteiger partial charge in [-0.15, -0.1) is 0 Å². The van der Waals surface area contributed by atoms with E-state index in [0.717, 1.165) is 31.3 Å². The van der Waals surface area contributed by atoms with Crippen LogP contribution in [0.2, 0.25) is 0 Å². The van der Waals surface area contributed by atoms with Crippen LogP contribution in [0.4, 0.5) is 0 Å². The van der Waals surface area contributed by atoms with Gasteiger partial charge in [0.15, 0.2) is 23.5 Å². The number of fused-ring (bicyclic) bond motifs is 7. The van der Waals surface area contributed by atoms with Crippen molar-refractivity contribution in [3.63, 3.8) is 0 Å². The zero-order chi connectivity index (χ0) is 22.2. The summed E-state index contributed by atoms with van der Waals surface area (Å²) in [6, 6.07) is 0. The molecular formula is C26H36O5. The average Bonchev–Trinajstić information content (AvgIpc) is 3.20. The van der Waals surface area contributed by atoms with Crippen molar-refractivity contribution in [1.82, 2.24) is 0 Å². The molecule has 0 spiro atoms. The van der Waals surface area contributed by atoms with E-state index in [-0.39, 0.29) is 47.1 Å². The van der Waals surface area contributed by atoms with E-state index < -0.39 is 17.1 Å². The molecule has 5 rings (SSSR count). The lowest BCUT2D eigenvalue weighted by molar-refractivity contribution is -0.197. The molecule has 0 amide bonds. The van der Waals surface area contributed by atoms with Gasteiger partial charge in [0.25, 0.3) is 0 Å². The van der Waals surface area contributed by atoms with Gasteiger partial charge in [0.05, 0.1) is 12.2 Å². The maximum Gasteiger partial charge on any atom is 0.167 e. The highest BCUT2D eigenvalue weighted by atomic mass is 16.7. The molecule has 1 N–H and O–H groups in total. The van der Waals surface area contributed by atoms with Gasteiger partial charge in [0, 0.05) is 29.6 Å². The summed E-state index contributed by atoms with van der Waals surface area (Å²) in [6.45, 7) is 8.36. The average molecular weight is 429 g/mol. The molecule has 0 radical (unpaired) electrons. The van der Waals surface area contributed by atoms with Gasteiger partial charge in [-0.25, -0.2) is 0 Å². The molecule has 5 nitrogen and oxygen atoms in total. The number of aliphatic hydroxyl groups is 1. The first kappa shape index (κ1) is 21.5. The monoisotopic (exact) mass is 428 g/mol. The second-order valence-corrected chi connectivity index (χ2v) is 10.9. The van der Waals surface area contributed by atoms with Gasteiger partial charge in [-0.05, 0) is 43.6 Å².